The van der Waals surface area contributed by atoms with E-state index in [1.807, 2.05) is 18.2 Å². The van der Waals surface area contributed by atoms with Crippen LogP contribution in [0.15, 0.2) is 30.6 Å². The third-order valence-electron chi connectivity index (χ3n) is 4.95. The van der Waals surface area contributed by atoms with Crippen LogP contribution in [-0.2, 0) is 0 Å². The molecule has 1 atom stereocenters. The minimum atomic E-state index is -0.110. The number of hydrogen-bond donors (Lipinski definition) is 2. The molecule has 0 bridgehead atoms. The summed E-state index contributed by atoms with van der Waals surface area (Å²) in [6, 6.07) is 7.79. The topological polar surface area (TPSA) is 92.4 Å². The van der Waals surface area contributed by atoms with Crippen molar-refractivity contribution >= 4 is 22.8 Å². The first-order chi connectivity index (χ1) is 13.9. The lowest BCUT2D eigenvalue weighted by atomic mass is 9.95. The number of nitrogens with one attached hydrogen (secondary N) is 2. The van der Waals surface area contributed by atoms with Crippen LogP contribution >= 0.6 is 0 Å². The highest BCUT2D eigenvalue weighted by molar-refractivity contribution is 5.99. The molecule has 3 heterocycles. The van der Waals surface area contributed by atoms with Crippen molar-refractivity contribution in [1.82, 2.24) is 19.9 Å². The van der Waals surface area contributed by atoms with Gasteiger partial charge in [-0.25, -0.2) is 9.97 Å². The Labute approximate surface area is 169 Å². The Hall–Kier alpha value is -3.29. The molecule has 0 saturated carbocycles. The Kier molecular flexibility index (Phi) is 5.00. The molecular formula is C21H25N5O3. The van der Waals surface area contributed by atoms with Crippen molar-refractivity contribution in [2.75, 3.05) is 32.6 Å². The van der Waals surface area contributed by atoms with Gasteiger partial charge in [0.05, 0.1) is 11.4 Å². The van der Waals surface area contributed by atoms with E-state index in [-0.39, 0.29) is 17.9 Å². The van der Waals surface area contributed by atoms with Crippen LogP contribution in [0.25, 0.3) is 11.0 Å². The fraction of sp³-hybridized carbons (Fsp3) is 0.381. The molecule has 0 spiro atoms. The first kappa shape index (κ1) is 19.0. The van der Waals surface area contributed by atoms with Gasteiger partial charge in [0.15, 0.2) is 11.5 Å². The molecule has 2 aromatic heterocycles. The van der Waals surface area contributed by atoms with Crippen LogP contribution < -0.4 is 14.8 Å². The predicted molar refractivity (Wildman–Crippen MR) is 111 cm³/mol. The van der Waals surface area contributed by atoms with Gasteiger partial charge >= 0.3 is 0 Å². The fourth-order valence-electron chi connectivity index (χ4n) is 3.45. The molecule has 1 amide bonds. The molecule has 3 aromatic rings. The van der Waals surface area contributed by atoms with Gasteiger partial charge in [-0.3, -0.25) is 4.79 Å². The fourth-order valence-corrected chi connectivity index (χ4v) is 3.45. The second-order valence-electron chi connectivity index (χ2n) is 7.64. The van der Waals surface area contributed by atoms with E-state index in [0.717, 1.165) is 22.4 Å². The van der Waals surface area contributed by atoms with Gasteiger partial charge in [0.25, 0.3) is 5.91 Å². The van der Waals surface area contributed by atoms with Gasteiger partial charge < -0.3 is 24.7 Å². The van der Waals surface area contributed by atoms with Crippen LogP contribution in [0.2, 0.25) is 0 Å². The summed E-state index contributed by atoms with van der Waals surface area (Å²) in [5, 5.41) is 4.31. The predicted octanol–water partition coefficient (Wildman–Crippen LogP) is 3.24. The highest BCUT2D eigenvalue weighted by Gasteiger charge is 2.22. The molecule has 0 aliphatic carbocycles. The number of rotatable bonds is 5. The van der Waals surface area contributed by atoms with E-state index in [1.165, 1.54) is 11.2 Å². The molecule has 8 nitrogen and oxygen atoms in total. The van der Waals surface area contributed by atoms with Crippen molar-refractivity contribution in [3.05, 3.63) is 41.9 Å². The monoisotopic (exact) mass is 395 g/mol. The first-order valence-corrected chi connectivity index (χ1v) is 9.65. The molecular weight excluding hydrogens is 370 g/mol. The van der Waals surface area contributed by atoms with Crippen molar-refractivity contribution < 1.29 is 14.3 Å². The van der Waals surface area contributed by atoms with Gasteiger partial charge in [0.2, 0.25) is 0 Å². The molecule has 0 radical (unpaired) electrons. The minimum Gasteiger partial charge on any atom is -0.486 e. The molecule has 29 heavy (non-hydrogen) atoms. The molecule has 1 aliphatic rings. The summed E-state index contributed by atoms with van der Waals surface area (Å²) in [6.07, 6.45) is 1.49. The number of anilines is 1. The van der Waals surface area contributed by atoms with E-state index in [4.69, 9.17) is 9.47 Å². The van der Waals surface area contributed by atoms with Gasteiger partial charge in [-0.05, 0) is 29.7 Å². The summed E-state index contributed by atoms with van der Waals surface area (Å²) in [7, 11) is 3.44. The summed E-state index contributed by atoms with van der Waals surface area (Å²) in [6.45, 7) is 5.41. The molecule has 4 rings (SSSR count). The molecule has 1 aliphatic heterocycles. The van der Waals surface area contributed by atoms with Crippen LogP contribution in [0.1, 0.15) is 35.9 Å². The third kappa shape index (κ3) is 3.70. The van der Waals surface area contributed by atoms with Crippen LogP contribution in [-0.4, -0.2) is 53.1 Å². The molecule has 8 heteroatoms. The van der Waals surface area contributed by atoms with Crippen molar-refractivity contribution in [3.8, 4) is 11.5 Å². The number of fused-ring (bicyclic) bond motifs is 2. The van der Waals surface area contributed by atoms with Crippen molar-refractivity contribution in [2.45, 2.75) is 19.9 Å². The van der Waals surface area contributed by atoms with Crippen LogP contribution in [0, 0.1) is 5.92 Å². The van der Waals surface area contributed by atoms with E-state index < -0.39 is 0 Å². The molecule has 152 valence electrons. The van der Waals surface area contributed by atoms with Crippen LogP contribution in [0.5, 0.6) is 11.5 Å². The summed E-state index contributed by atoms with van der Waals surface area (Å²) in [5.41, 5.74) is 2.18. The van der Waals surface area contributed by atoms with E-state index >= 15 is 0 Å². The zero-order valence-corrected chi connectivity index (χ0v) is 17.0. The van der Waals surface area contributed by atoms with Crippen molar-refractivity contribution in [1.29, 1.82) is 0 Å². The highest BCUT2D eigenvalue weighted by atomic mass is 16.6. The zero-order valence-electron chi connectivity index (χ0n) is 17.0. The largest absolute Gasteiger partial charge is 0.486 e. The average Bonchev–Trinajstić information content (AvgIpc) is 3.15. The SMILES string of the molecule is CC(C)[C@@H](Nc1ncnc2[nH]c(C(=O)N(C)C)cc12)c1ccc2c(c1)OCCO2. The van der Waals surface area contributed by atoms with E-state index in [9.17, 15) is 4.79 Å². The Balaban J connectivity index is 1.68. The van der Waals surface area contributed by atoms with Crippen LogP contribution in [0.4, 0.5) is 5.82 Å². The Morgan fingerprint density at radius 3 is 2.62 bits per heavy atom. The molecule has 1 aromatic carbocycles. The number of nitrogens with zero attached hydrogens (tertiary/aromatic N) is 3. The number of benzene rings is 1. The Bertz CT molecular complexity index is 1040. The smallest absolute Gasteiger partial charge is 0.269 e. The van der Waals surface area contributed by atoms with E-state index in [1.54, 1.807) is 20.2 Å². The van der Waals surface area contributed by atoms with Gasteiger partial charge in [-0.2, -0.15) is 0 Å². The normalized spacial score (nSPS) is 14.1. The first-order valence-electron chi connectivity index (χ1n) is 9.65. The average molecular weight is 395 g/mol. The minimum absolute atomic E-state index is 0.00757. The summed E-state index contributed by atoms with van der Waals surface area (Å²) >= 11 is 0. The van der Waals surface area contributed by atoms with Crippen LogP contribution in [0.3, 0.4) is 0 Å². The Morgan fingerprint density at radius 1 is 1.14 bits per heavy atom. The number of carbonyl (C=O) groups is 1. The van der Waals surface area contributed by atoms with Gasteiger partial charge in [0, 0.05) is 14.1 Å². The lowest BCUT2D eigenvalue weighted by molar-refractivity contribution is 0.0823. The maximum absolute atomic E-state index is 12.3. The molecule has 0 fully saturated rings. The maximum Gasteiger partial charge on any atom is 0.269 e. The van der Waals surface area contributed by atoms with E-state index in [2.05, 4.69) is 34.1 Å². The molecule has 0 saturated heterocycles. The lowest BCUT2D eigenvalue weighted by Crippen LogP contribution is -2.21. The van der Waals surface area contributed by atoms with Gasteiger partial charge in [0.1, 0.15) is 36.7 Å². The number of aromatic amines is 1. The van der Waals surface area contributed by atoms with E-state index in [0.29, 0.717) is 30.4 Å². The Morgan fingerprint density at radius 2 is 1.90 bits per heavy atom. The summed E-state index contributed by atoms with van der Waals surface area (Å²) in [5.74, 6) is 2.38. The standard InChI is InChI=1S/C21H25N5O3/c1-12(2)18(13-5-6-16-17(9-13)29-8-7-28-16)25-20-14-10-15(21(27)26(3)4)24-19(14)22-11-23-20/h5-6,9-12,18H,7-8H2,1-4H3,(H2,22,23,24,25)/t18-/m1/s1. The summed E-state index contributed by atoms with van der Waals surface area (Å²) < 4.78 is 11.4. The molecule has 2 N–H and O–H groups in total. The summed E-state index contributed by atoms with van der Waals surface area (Å²) in [4.78, 5) is 25.6. The second-order valence-corrected chi connectivity index (χ2v) is 7.64. The number of hydrogen-bond acceptors (Lipinski definition) is 6. The number of ether oxygens (including phenoxy) is 2. The van der Waals surface area contributed by atoms with Gasteiger partial charge in [-0.1, -0.05) is 19.9 Å². The lowest BCUT2D eigenvalue weighted by Gasteiger charge is -2.26. The quantitative estimate of drug-likeness (QED) is 0.689. The number of H-pyrrole nitrogens is 1. The number of aromatic nitrogens is 3. The zero-order chi connectivity index (χ0) is 20.5. The third-order valence-corrected chi connectivity index (χ3v) is 4.95. The van der Waals surface area contributed by atoms with Crippen molar-refractivity contribution in [3.63, 3.8) is 0 Å². The maximum atomic E-state index is 12.3. The highest BCUT2D eigenvalue weighted by Crippen LogP contribution is 2.36. The van der Waals surface area contributed by atoms with Crippen molar-refractivity contribution in [2.24, 2.45) is 5.92 Å². The number of carbonyl (C=O) groups excluding carboxylic acids is 1. The van der Waals surface area contributed by atoms with Gasteiger partial charge in [-0.15, -0.1) is 0 Å². The second kappa shape index (κ2) is 7.62. The number of amides is 1. The molecule has 0 unspecified atom stereocenters.